The van der Waals surface area contributed by atoms with Crippen LogP contribution < -0.4 is 20.4 Å². The third-order valence-corrected chi connectivity index (χ3v) is 5.77. The number of aromatic amines is 1. The Morgan fingerprint density at radius 1 is 1.06 bits per heavy atom. The maximum absolute atomic E-state index is 4.88. The molecule has 1 aromatic heterocycles. The second kappa shape index (κ2) is 8.72. The lowest BCUT2D eigenvalue weighted by atomic mass is 10.1. The predicted octanol–water partition coefficient (Wildman–Crippen LogP) is 4.50. The number of nitrogens with one attached hydrogen (secondary N) is 3. The third-order valence-electron chi connectivity index (χ3n) is 5.77. The SMILES string of the molecule is C=C1C(Nc2ccc(N3CCNCC3)cc2)=Nc2ccc(-c3cn[nH]c3)cc2N1/C=C\C. The van der Waals surface area contributed by atoms with Gasteiger partial charge in [0.05, 0.1) is 23.3 Å². The van der Waals surface area contributed by atoms with Crippen LogP contribution in [0.3, 0.4) is 0 Å². The van der Waals surface area contributed by atoms with Crippen molar-refractivity contribution in [3.05, 3.63) is 79.4 Å². The number of rotatable bonds is 4. The van der Waals surface area contributed by atoms with E-state index < -0.39 is 0 Å². The number of fused-ring (bicyclic) bond motifs is 1. The number of amidine groups is 1. The minimum absolute atomic E-state index is 0.738. The first-order valence-corrected chi connectivity index (χ1v) is 10.9. The summed E-state index contributed by atoms with van der Waals surface area (Å²) in [5.74, 6) is 0.738. The summed E-state index contributed by atoms with van der Waals surface area (Å²) in [6.07, 6.45) is 7.73. The monoisotopic (exact) mass is 425 g/mol. The van der Waals surface area contributed by atoms with Crippen LogP contribution in [0.5, 0.6) is 0 Å². The second-order valence-corrected chi connectivity index (χ2v) is 7.86. The van der Waals surface area contributed by atoms with Gasteiger partial charge in [0.15, 0.2) is 5.84 Å². The first kappa shape index (κ1) is 20.1. The van der Waals surface area contributed by atoms with Crippen molar-refractivity contribution in [2.75, 3.05) is 41.3 Å². The Hall–Kier alpha value is -3.84. The van der Waals surface area contributed by atoms with Crippen molar-refractivity contribution in [2.45, 2.75) is 6.92 Å². The summed E-state index contributed by atoms with van der Waals surface area (Å²) in [5.41, 5.74) is 7.03. The van der Waals surface area contributed by atoms with E-state index in [9.17, 15) is 0 Å². The van der Waals surface area contributed by atoms with Crippen molar-refractivity contribution in [1.82, 2.24) is 15.5 Å². The number of anilines is 3. The molecule has 2 aromatic carbocycles. The number of benzene rings is 2. The van der Waals surface area contributed by atoms with E-state index in [1.807, 2.05) is 37.7 Å². The van der Waals surface area contributed by atoms with Crippen LogP contribution in [-0.4, -0.2) is 42.2 Å². The normalized spacial score (nSPS) is 16.3. The smallest absolute Gasteiger partial charge is 0.154 e. The molecule has 1 fully saturated rings. The third kappa shape index (κ3) is 3.90. The van der Waals surface area contributed by atoms with E-state index in [1.54, 1.807) is 0 Å². The highest BCUT2D eigenvalue weighted by Gasteiger charge is 2.23. The number of nitrogens with zero attached hydrogens (tertiary/aromatic N) is 4. The molecule has 5 rings (SSSR count). The van der Waals surface area contributed by atoms with Crippen molar-refractivity contribution in [1.29, 1.82) is 0 Å². The van der Waals surface area contributed by atoms with E-state index in [4.69, 9.17) is 4.99 Å². The number of piperazine rings is 1. The number of allylic oxidation sites excluding steroid dienone is 1. The van der Waals surface area contributed by atoms with Crippen LogP contribution in [0.1, 0.15) is 6.92 Å². The summed E-state index contributed by atoms with van der Waals surface area (Å²) < 4.78 is 0. The predicted molar refractivity (Wildman–Crippen MR) is 133 cm³/mol. The Balaban J connectivity index is 1.42. The van der Waals surface area contributed by atoms with Crippen LogP contribution in [0.2, 0.25) is 0 Å². The summed E-state index contributed by atoms with van der Waals surface area (Å²) in [7, 11) is 0. The molecule has 2 aliphatic heterocycles. The van der Waals surface area contributed by atoms with Crippen LogP contribution in [0.25, 0.3) is 11.1 Å². The lowest BCUT2D eigenvalue weighted by molar-refractivity contribution is 0.589. The average molecular weight is 426 g/mol. The van der Waals surface area contributed by atoms with Crippen molar-refractivity contribution in [3.8, 4) is 11.1 Å². The van der Waals surface area contributed by atoms with Crippen molar-refractivity contribution >= 4 is 28.6 Å². The molecule has 0 aliphatic carbocycles. The van der Waals surface area contributed by atoms with Gasteiger partial charge in [0.2, 0.25) is 0 Å². The average Bonchev–Trinajstić information content (AvgIpc) is 3.38. The lowest BCUT2D eigenvalue weighted by Crippen LogP contribution is -2.43. The molecule has 7 nitrogen and oxygen atoms in total. The molecule has 0 amide bonds. The van der Waals surface area contributed by atoms with Gasteiger partial charge in [-0.2, -0.15) is 5.10 Å². The summed E-state index contributed by atoms with van der Waals surface area (Å²) >= 11 is 0. The van der Waals surface area contributed by atoms with E-state index in [0.717, 1.165) is 65.9 Å². The maximum Gasteiger partial charge on any atom is 0.154 e. The van der Waals surface area contributed by atoms with Crippen LogP contribution in [0, 0.1) is 0 Å². The highest BCUT2D eigenvalue weighted by atomic mass is 15.2. The number of hydrogen-bond acceptors (Lipinski definition) is 6. The minimum atomic E-state index is 0.738. The summed E-state index contributed by atoms with van der Waals surface area (Å²) in [6.45, 7) is 10.4. The van der Waals surface area contributed by atoms with Crippen molar-refractivity contribution < 1.29 is 0 Å². The van der Waals surface area contributed by atoms with Gasteiger partial charge in [0, 0.05) is 55.5 Å². The zero-order chi connectivity index (χ0) is 21.9. The minimum Gasteiger partial charge on any atom is -0.369 e. The van der Waals surface area contributed by atoms with Crippen LogP contribution in [0.15, 0.2) is 84.4 Å². The number of aromatic nitrogens is 2. The number of H-pyrrole nitrogens is 1. The lowest BCUT2D eigenvalue weighted by Gasteiger charge is -2.31. The Morgan fingerprint density at radius 2 is 1.88 bits per heavy atom. The molecule has 3 N–H and O–H groups in total. The van der Waals surface area contributed by atoms with Crippen LogP contribution in [-0.2, 0) is 0 Å². The zero-order valence-corrected chi connectivity index (χ0v) is 18.2. The Morgan fingerprint density at radius 3 is 2.59 bits per heavy atom. The zero-order valence-electron chi connectivity index (χ0n) is 18.2. The van der Waals surface area contributed by atoms with E-state index in [2.05, 4.69) is 73.6 Å². The highest BCUT2D eigenvalue weighted by Crippen LogP contribution is 2.39. The van der Waals surface area contributed by atoms with Gasteiger partial charge in [-0.25, -0.2) is 4.99 Å². The van der Waals surface area contributed by atoms with Gasteiger partial charge in [-0.15, -0.1) is 0 Å². The van der Waals surface area contributed by atoms with Crippen LogP contribution >= 0.6 is 0 Å². The summed E-state index contributed by atoms with van der Waals surface area (Å²) in [6, 6.07) is 14.7. The summed E-state index contributed by atoms with van der Waals surface area (Å²) in [4.78, 5) is 9.35. The molecule has 162 valence electrons. The van der Waals surface area contributed by atoms with Crippen LogP contribution in [0.4, 0.5) is 22.7 Å². The molecular weight excluding hydrogens is 398 g/mol. The molecular formula is C25H27N7. The molecule has 0 bridgehead atoms. The maximum atomic E-state index is 4.88. The van der Waals surface area contributed by atoms with Gasteiger partial charge in [-0.05, 0) is 48.9 Å². The largest absolute Gasteiger partial charge is 0.369 e. The van der Waals surface area contributed by atoms with E-state index in [1.165, 1.54) is 5.69 Å². The first-order chi connectivity index (χ1) is 15.7. The van der Waals surface area contributed by atoms with Gasteiger partial charge in [-0.3, -0.25) is 5.10 Å². The number of hydrogen-bond donors (Lipinski definition) is 3. The standard InChI is InChI=1S/C25H27N7/c1-3-12-32-18(2)25(29-21-5-7-22(8-6-21)31-13-10-26-11-14-31)30-23-9-4-19(15-24(23)32)20-16-27-28-17-20/h3-9,12,15-17,26H,2,10-11,13-14H2,1H3,(H,27,28)(H,29,30)/b12-3-. The molecule has 0 saturated carbocycles. The van der Waals surface area contributed by atoms with E-state index >= 15 is 0 Å². The molecule has 0 radical (unpaired) electrons. The molecule has 0 unspecified atom stereocenters. The van der Waals surface area contributed by atoms with Gasteiger partial charge < -0.3 is 20.4 Å². The van der Waals surface area contributed by atoms with Gasteiger partial charge in [-0.1, -0.05) is 18.7 Å². The number of aliphatic imine (C=N–C) groups is 1. The van der Waals surface area contributed by atoms with Gasteiger partial charge in [0.25, 0.3) is 0 Å². The first-order valence-electron chi connectivity index (χ1n) is 10.9. The molecule has 2 aliphatic rings. The van der Waals surface area contributed by atoms with Gasteiger partial charge >= 0.3 is 0 Å². The fourth-order valence-corrected chi connectivity index (χ4v) is 4.08. The quantitative estimate of drug-likeness (QED) is 0.574. The molecule has 3 heterocycles. The Labute approximate surface area is 188 Å². The molecule has 1 saturated heterocycles. The molecule has 0 atom stereocenters. The Kier molecular flexibility index (Phi) is 5.47. The van der Waals surface area contributed by atoms with E-state index in [-0.39, 0.29) is 0 Å². The molecule has 7 heteroatoms. The molecule has 32 heavy (non-hydrogen) atoms. The van der Waals surface area contributed by atoms with Crippen molar-refractivity contribution in [3.63, 3.8) is 0 Å². The van der Waals surface area contributed by atoms with Crippen molar-refractivity contribution in [2.24, 2.45) is 4.99 Å². The second-order valence-electron chi connectivity index (χ2n) is 7.86. The van der Waals surface area contributed by atoms with E-state index in [0.29, 0.717) is 0 Å². The van der Waals surface area contributed by atoms with Gasteiger partial charge in [0.1, 0.15) is 0 Å². The topological polar surface area (TPSA) is 71.6 Å². The fourth-order valence-electron chi connectivity index (χ4n) is 4.08. The summed E-state index contributed by atoms with van der Waals surface area (Å²) in [5, 5.41) is 13.8. The molecule has 3 aromatic rings. The fraction of sp³-hybridized carbons (Fsp3) is 0.200. The highest BCUT2D eigenvalue weighted by molar-refractivity contribution is 6.14. The molecule has 0 spiro atoms. The Bertz CT molecular complexity index is 1150.